The molecule has 0 saturated carbocycles. The normalized spacial score (nSPS) is 11.8. The summed E-state index contributed by atoms with van der Waals surface area (Å²) in [6, 6.07) is 27.8. The second kappa shape index (κ2) is 11.9. The zero-order valence-electron chi connectivity index (χ0n) is 21.8. The first-order valence-corrected chi connectivity index (χ1v) is 13.7. The van der Waals surface area contributed by atoms with E-state index in [2.05, 4.69) is 86.6 Å². The van der Waals surface area contributed by atoms with Crippen LogP contribution in [-0.4, -0.2) is 26.4 Å². The highest BCUT2D eigenvalue weighted by Crippen LogP contribution is 2.35. The SMILES string of the molecule is CCCOCCCc1ccc2c(ccc3c2ccc2c4ccc(CCCOCCC)cc4ccc23)c1. The first-order chi connectivity index (χ1) is 17.8. The highest BCUT2D eigenvalue weighted by atomic mass is 16.5. The van der Waals surface area contributed by atoms with Gasteiger partial charge >= 0.3 is 0 Å². The van der Waals surface area contributed by atoms with Crippen molar-refractivity contribution in [3.63, 3.8) is 0 Å². The van der Waals surface area contributed by atoms with E-state index in [1.165, 1.54) is 54.2 Å². The predicted octanol–water partition coefficient (Wildman–Crippen LogP) is 9.02. The molecule has 0 aliphatic heterocycles. The van der Waals surface area contributed by atoms with Gasteiger partial charge in [-0.15, -0.1) is 0 Å². The molecule has 5 aromatic carbocycles. The van der Waals surface area contributed by atoms with E-state index in [0.29, 0.717) is 0 Å². The van der Waals surface area contributed by atoms with E-state index >= 15 is 0 Å². The van der Waals surface area contributed by atoms with Gasteiger partial charge in [0.1, 0.15) is 0 Å². The molecule has 0 N–H and O–H groups in total. The number of benzene rings is 5. The maximum absolute atomic E-state index is 5.65. The van der Waals surface area contributed by atoms with Gasteiger partial charge in [0.15, 0.2) is 0 Å². The van der Waals surface area contributed by atoms with Gasteiger partial charge in [-0.05, 0) is 92.7 Å². The lowest BCUT2D eigenvalue weighted by Crippen LogP contribution is -1.97. The van der Waals surface area contributed by atoms with Gasteiger partial charge in [0.05, 0.1) is 0 Å². The van der Waals surface area contributed by atoms with Crippen molar-refractivity contribution in [2.24, 2.45) is 0 Å². The van der Waals surface area contributed by atoms with Crippen molar-refractivity contribution in [3.8, 4) is 0 Å². The Balaban J connectivity index is 1.41. The quantitative estimate of drug-likeness (QED) is 0.132. The van der Waals surface area contributed by atoms with Crippen LogP contribution in [-0.2, 0) is 22.3 Å². The van der Waals surface area contributed by atoms with Crippen molar-refractivity contribution >= 4 is 43.1 Å². The van der Waals surface area contributed by atoms with E-state index in [-0.39, 0.29) is 0 Å². The number of fused-ring (bicyclic) bond motifs is 7. The summed E-state index contributed by atoms with van der Waals surface area (Å²) in [4.78, 5) is 0. The average Bonchev–Trinajstić information content (AvgIpc) is 2.92. The Kier molecular flexibility index (Phi) is 8.15. The minimum atomic E-state index is 0.846. The zero-order chi connectivity index (χ0) is 24.7. The van der Waals surface area contributed by atoms with Crippen LogP contribution in [0, 0.1) is 0 Å². The lowest BCUT2D eigenvalue weighted by atomic mass is 9.92. The molecule has 0 saturated heterocycles. The van der Waals surface area contributed by atoms with Crippen molar-refractivity contribution in [2.75, 3.05) is 26.4 Å². The first kappa shape index (κ1) is 24.7. The van der Waals surface area contributed by atoms with Gasteiger partial charge in [-0.3, -0.25) is 0 Å². The number of aryl methyl sites for hydroxylation is 2. The number of hydrogen-bond acceptors (Lipinski definition) is 2. The van der Waals surface area contributed by atoms with Crippen LogP contribution in [0.25, 0.3) is 43.1 Å². The average molecular weight is 479 g/mol. The third-order valence-electron chi connectivity index (χ3n) is 7.16. The molecule has 0 fully saturated rings. The molecule has 0 amide bonds. The summed E-state index contributed by atoms with van der Waals surface area (Å²) in [5, 5.41) is 10.6. The maximum atomic E-state index is 5.65. The van der Waals surface area contributed by atoms with E-state index in [9.17, 15) is 0 Å². The topological polar surface area (TPSA) is 18.5 Å². The van der Waals surface area contributed by atoms with Crippen molar-refractivity contribution in [3.05, 3.63) is 83.9 Å². The van der Waals surface area contributed by atoms with Crippen LogP contribution < -0.4 is 0 Å². The molecule has 0 bridgehead atoms. The van der Waals surface area contributed by atoms with Crippen molar-refractivity contribution in [1.82, 2.24) is 0 Å². The van der Waals surface area contributed by atoms with Crippen LogP contribution in [0.1, 0.15) is 50.7 Å². The summed E-state index contributed by atoms with van der Waals surface area (Å²) in [5.74, 6) is 0. The van der Waals surface area contributed by atoms with E-state index in [0.717, 1.165) is 65.0 Å². The number of hydrogen-bond donors (Lipinski definition) is 0. The Labute approximate surface area is 215 Å². The van der Waals surface area contributed by atoms with Gasteiger partial charge in [0.25, 0.3) is 0 Å². The molecule has 36 heavy (non-hydrogen) atoms. The van der Waals surface area contributed by atoms with Gasteiger partial charge < -0.3 is 9.47 Å². The molecular weight excluding hydrogens is 440 g/mol. The molecule has 0 spiro atoms. The first-order valence-electron chi connectivity index (χ1n) is 13.7. The lowest BCUT2D eigenvalue weighted by Gasteiger charge is -2.12. The monoisotopic (exact) mass is 478 g/mol. The van der Waals surface area contributed by atoms with E-state index < -0.39 is 0 Å². The fourth-order valence-corrected chi connectivity index (χ4v) is 5.36. The largest absolute Gasteiger partial charge is 0.381 e. The third kappa shape index (κ3) is 5.40. The fourth-order valence-electron chi connectivity index (χ4n) is 5.36. The summed E-state index contributed by atoms with van der Waals surface area (Å²) in [6.07, 6.45) is 6.45. The molecule has 0 aliphatic carbocycles. The van der Waals surface area contributed by atoms with Crippen molar-refractivity contribution in [1.29, 1.82) is 0 Å². The molecule has 5 rings (SSSR count). The van der Waals surface area contributed by atoms with Crippen LogP contribution in [0.3, 0.4) is 0 Å². The summed E-state index contributed by atoms with van der Waals surface area (Å²) >= 11 is 0. The Hall–Kier alpha value is -2.94. The van der Waals surface area contributed by atoms with Gasteiger partial charge in [-0.1, -0.05) is 86.6 Å². The lowest BCUT2D eigenvalue weighted by molar-refractivity contribution is 0.132. The molecule has 0 aliphatic rings. The smallest absolute Gasteiger partial charge is 0.0469 e. The number of rotatable bonds is 12. The number of ether oxygens (including phenoxy) is 2. The van der Waals surface area contributed by atoms with Crippen LogP contribution in [0.4, 0.5) is 0 Å². The van der Waals surface area contributed by atoms with Crippen molar-refractivity contribution in [2.45, 2.75) is 52.4 Å². The van der Waals surface area contributed by atoms with Crippen LogP contribution in [0.2, 0.25) is 0 Å². The Morgan fingerprint density at radius 3 is 1.28 bits per heavy atom. The van der Waals surface area contributed by atoms with Gasteiger partial charge in [-0.2, -0.15) is 0 Å². The molecule has 2 nitrogen and oxygen atoms in total. The summed E-state index contributed by atoms with van der Waals surface area (Å²) in [5.41, 5.74) is 2.78. The van der Waals surface area contributed by atoms with Gasteiger partial charge in [0, 0.05) is 26.4 Å². The van der Waals surface area contributed by atoms with Crippen LogP contribution in [0.5, 0.6) is 0 Å². The summed E-state index contributed by atoms with van der Waals surface area (Å²) in [7, 11) is 0. The Morgan fingerprint density at radius 2 is 0.833 bits per heavy atom. The Bertz CT molecular complexity index is 1350. The minimum Gasteiger partial charge on any atom is -0.381 e. The standard InChI is InChI=1S/C34H38O2/c1-3-19-35-21-5-7-25-9-13-29-27(23-25)11-15-33-31(29)17-18-32-30-14-10-26(8-6-22-36-20-4-2)24-28(30)12-16-34(32)33/h9-18,23-24H,3-8,19-22H2,1-2H3. The molecular formula is C34H38O2. The fraction of sp³-hybridized carbons (Fsp3) is 0.353. The predicted molar refractivity (Wildman–Crippen MR) is 155 cm³/mol. The van der Waals surface area contributed by atoms with Crippen LogP contribution in [0.15, 0.2) is 72.8 Å². The molecule has 0 heterocycles. The molecule has 0 aromatic heterocycles. The van der Waals surface area contributed by atoms with E-state index in [1.54, 1.807) is 0 Å². The van der Waals surface area contributed by atoms with E-state index in [4.69, 9.17) is 9.47 Å². The summed E-state index contributed by atoms with van der Waals surface area (Å²) in [6.45, 7) is 7.73. The van der Waals surface area contributed by atoms with Crippen molar-refractivity contribution < 1.29 is 9.47 Å². The highest BCUT2D eigenvalue weighted by molar-refractivity contribution is 6.22. The zero-order valence-corrected chi connectivity index (χ0v) is 21.8. The summed E-state index contributed by atoms with van der Waals surface area (Å²) < 4.78 is 11.3. The minimum absolute atomic E-state index is 0.846. The molecule has 0 radical (unpaired) electrons. The molecule has 5 aromatic rings. The molecule has 2 heteroatoms. The maximum Gasteiger partial charge on any atom is 0.0469 e. The van der Waals surface area contributed by atoms with E-state index in [1.807, 2.05) is 0 Å². The van der Waals surface area contributed by atoms with Crippen LogP contribution >= 0.6 is 0 Å². The van der Waals surface area contributed by atoms with Gasteiger partial charge in [-0.25, -0.2) is 0 Å². The molecule has 186 valence electrons. The van der Waals surface area contributed by atoms with Gasteiger partial charge in [0.2, 0.25) is 0 Å². The third-order valence-corrected chi connectivity index (χ3v) is 7.16. The second-order valence-electron chi connectivity index (χ2n) is 9.93. The second-order valence-corrected chi connectivity index (χ2v) is 9.93. The molecule has 0 unspecified atom stereocenters. The Morgan fingerprint density at radius 1 is 0.444 bits per heavy atom. The highest BCUT2D eigenvalue weighted by Gasteiger charge is 2.09. The molecule has 0 atom stereocenters.